The summed E-state index contributed by atoms with van der Waals surface area (Å²) < 4.78 is 5.33. The molecule has 1 fully saturated rings. The number of hydrogen-bond acceptors (Lipinski definition) is 6. The number of hydrogen-bond donors (Lipinski definition) is 3. The Morgan fingerprint density at radius 2 is 1.86 bits per heavy atom. The van der Waals surface area contributed by atoms with Gasteiger partial charge in [0.1, 0.15) is 17.8 Å². The first-order valence-corrected chi connectivity index (χ1v) is 12.0. The third kappa shape index (κ3) is 5.67. The standard InChI is InChI=1S/C27H30N6O2/c1-19(21-5-3-2-4-6-21)31-26-23-15-24(32-27(23)30-18-29-26)22-9-7-20(8-10-22)16-28-25(34)17-33-11-13-35-14-12-33/h2-10,15,18-19H,11-14,16-17H2,1H3,(H,28,34)(H2,29,30,31,32). The van der Waals surface area contributed by atoms with Gasteiger partial charge in [-0.15, -0.1) is 0 Å². The van der Waals surface area contributed by atoms with Gasteiger partial charge in [0.25, 0.3) is 0 Å². The molecule has 3 N–H and O–H groups in total. The van der Waals surface area contributed by atoms with Crippen LogP contribution in [-0.2, 0) is 16.1 Å². The lowest BCUT2D eigenvalue weighted by molar-refractivity contribution is -0.123. The number of rotatable bonds is 8. The topological polar surface area (TPSA) is 95.2 Å². The van der Waals surface area contributed by atoms with Crippen LogP contribution in [0, 0.1) is 0 Å². The molecule has 0 spiro atoms. The van der Waals surface area contributed by atoms with E-state index in [1.807, 2.05) is 30.3 Å². The van der Waals surface area contributed by atoms with Crippen LogP contribution in [0.5, 0.6) is 0 Å². The molecule has 1 saturated heterocycles. The van der Waals surface area contributed by atoms with Crippen LogP contribution in [0.15, 0.2) is 67.0 Å². The Balaban J connectivity index is 1.24. The van der Waals surface area contributed by atoms with Crippen molar-refractivity contribution in [3.63, 3.8) is 0 Å². The molecule has 3 heterocycles. The van der Waals surface area contributed by atoms with Crippen LogP contribution in [0.4, 0.5) is 5.82 Å². The summed E-state index contributed by atoms with van der Waals surface area (Å²) in [7, 11) is 0. The minimum atomic E-state index is 0.0370. The van der Waals surface area contributed by atoms with Gasteiger partial charge in [0.15, 0.2) is 0 Å². The monoisotopic (exact) mass is 470 g/mol. The molecule has 0 radical (unpaired) electrons. The van der Waals surface area contributed by atoms with Crippen molar-refractivity contribution in [2.75, 3.05) is 38.2 Å². The van der Waals surface area contributed by atoms with E-state index in [9.17, 15) is 4.79 Å². The molecule has 0 bridgehead atoms. The van der Waals surface area contributed by atoms with Crippen molar-refractivity contribution < 1.29 is 9.53 Å². The summed E-state index contributed by atoms with van der Waals surface area (Å²) in [6, 6.07) is 20.7. The average molecular weight is 471 g/mol. The summed E-state index contributed by atoms with van der Waals surface area (Å²) in [5, 5.41) is 7.47. The molecular weight excluding hydrogens is 440 g/mol. The molecule has 0 aliphatic carbocycles. The van der Waals surface area contributed by atoms with Crippen molar-refractivity contribution in [3.8, 4) is 11.3 Å². The van der Waals surface area contributed by atoms with Crippen LogP contribution in [0.25, 0.3) is 22.3 Å². The highest BCUT2D eigenvalue weighted by Gasteiger charge is 2.15. The number of carbonyl (C=O) groups is 1. The van der Waals surface area contributed by atoms with Crippen molar-refractivity contribution in [2.24, 2.45) is 0 Å². The predicted octanol–water partition coefficient (Wildman–Crippen LogP) is 3.75. The van der Waals surface area contributed by atoms with E-state index >= 15 is 0 Å². The molecule has 180 valence electrons. The lowest BCUT2D eigenvalue weighted by Gasteiger charge is -2.25. The normalized spacial score (nSPS) is 15.1. The third-order valence-corrected chi connectivity index (χ3v) is 6.30. The van der Waals surface area contributed by atoms with Crippen molar-refractivity contribution in [1.82, 2.24) is 25.2 Å². The summed E-state index contributed by atoms with van der Waals surface area (Å²) in [5.41, 5.74) is 5.06. The predicted molar refractivity (Wildman–Crippen MR) is 137 cm³/mol. The smallest absolute Gasteiger partial charge is 0.234 e. The third-order valence-electron chi connectivity index (χ3n) is 6.30. The maximum atomic E-state index is 12.3. The Morgan fingerprint density at radius 1 is 1.09 bits per heavy atom. The molecule has 2 aromatic heterocycles. The fraction of sp³-hybridized carbons (Fsp3) is 0.296. The first-order chi connectivity index (χ1) is 17.2. The van der Waals surface area contributed by atoms with Gasteiger partial charge in [-0.1, -0.05) is 54.6 Å². The Hall–Kier alpha value is -3.75. The number of nitrogens with one attached hydrogen (secondary N) is 3. The molecule has 1 unspecified atom stereocenters. The number of fused-ring (bicyclic) bond motifs is 1. The number of anilines is 1. The van der Waals surface area contributed by atoms with Crippen LogP contribution >= 0.6 is 0 Å². The Kier molecular flexibility index (Phi) is 7.02. The zero-order valence-electron chi connectivity index (χ0n) is 19.8. The number of aromatic nitrogens is 3. The highest BCUT2D eigenvalue weighted by atomic mass is 16.5. The minimum Gasteiger partial charge on any atom is -0.379 e. The molecule has 8 heteroatoms. The largest absolute Gasteiger partial charge is 0.379 e. The molecule has 1 amide bonds. The van der Waals surface area contributed by atoms with E-state index in [1.165, 1.54) is 5.56 Å². The van der Waals surface area contributed by atoms with Gasteiger partial charge in [-0.25, -0.2) is 9.97 Å². The molecule has 4 aromatic rings. The van der Waals surface area contributed by atoms with E-state index < -0.39 is 0 Å². The summed E-state index contributed by atoms with van der Waals surface area (Å²) in [6.07, 6.45) is 1.57. The number of amides is 1. The minimum absolute atomic E-state index is 0.0370. The maximum Gasteiger partial charge on any atom is 0.234 e. The van der Waals surface area contributed by atoms with Gasteiger partial charge in [0.05, 0.1) is 25.1 Å². The van der Waals surface area contributed by atoms with Gasteiger partial charge in [0.2, 0.25) is 5.91 Å². The molecular formula is C27H30N6O2. The zero-order valence-corrected chi connectivity index (χ0v) is 19.8. The van der Waals surface area contributed by atoms with Gasteiger partial charge < -0.3 is 20.4 Å². The SMILES string of the molecule is CC(Nc1ncnc2[nH]c(-c3ccc(CNC(=O)CN4CCOCC4)cc3)cc12)c1ccccc1. The van der Waals surface area contributed by atoms with Crippen molar-refractivity contribution in [1.29, 1.82) is 0 Å². The van der Waals surface area contributed by atoms with Crippen molar-refractivity contribution in [2.45, 2.75) is 19.5 Å². The summed E-state index contributed by atoms with van der Waals surface area (Å²) >= 11 is 0. The molecule has 1 atom stereocenters. The molecule has 5 rings (SSSR count). The first kappa shape index (κ1) is 23.0. The van der Waals surface area contributed by atoms with E-state index in [4.69, 9.17) is 4.74 Å². The van der Waals surface area contributed by atoms with Gasteiger partial charge >= 0.3 is 0 Å². The number of carbonyl (C=O) groups excluding carboxylic acids is 1. The molecule has 1 aliphatic rings. The van der Waals surface area contributed by atoms with E-state index in [1.54, 1.807) is 6.33 Å². The lowest BCUT2D eigenvalue weighted by atomic mass is 10.1. The van der Waals surface area contributed by atoms with Gasteiger partial charge in [-0.05, 0) is 29.7 Å². The number of nitrogens with zero attached hydrogens (tertiary/aromatic N) is 3. The summed E-state index contributed by atoms with van der Waals surface area (Å²) in [6.45, 7) is 6.04. The van der Waals surface area contributed by atoms with Gasteiger partial charge in [0, 0.05) is 31.4 Å². The van der Waals surface area contributed by atoms with Gasteiger partial charge in [-0.2, -0.15) is 0 Å². The van der Waals surface area contributed by atoms with Crippen LogP contribution in [0.1, 0.15) is 24.1 Å². The molecule has 0 saturated carbocycles. The Morgan fingerprint density at radius 3 is 2.63 bits per heavy atom. The summed E-state index contributed by atoms with van der Waals surface area (Å²) in [5.74, 6) is 0.836. The number of benzene rings is 2. The van der Waals surface area contributed by atoms with Crippen LogP contribution in [-0.4, -0.2) is 58.6 Å². The molecule has 2 aromatic carbocycles. The van der Waals surface area contributed by atoms with Gasteiger partial charge in [-0.3, -0.25) is 9.69 Å². The highest BCUT2D eigenvalue weighted by Crippen LogP contribution is 2.29. The fourth-order valence-corrected chi connectivity index (χ4v) is 4.26. The Labute approximate surface area is 204 Å². The fourth-order valence-electron chi connectivity index (χ4n) is 4.26. The zero-order chi connectivity index (χ0) is 24.0. The molecule has 1 aliphatic heterocycles. The lowest BCUT2D eigenvalue weighted by Crippen LogP contribution is -2.43. The van der Waals surface area contributed by atoms with Crippen LogP contribution in [0.2, 0.25) is 0 Å². The number of morpholine rings is 1. The van der Waals surface area contributed by atoms with Crippen molar-refractivity contribution >= 4 is 22.8 Å². The highest BCUT2D eigenvalue weighted by molar-refractivity contribution is 5.91. The van der Waals surface area contributed by atoms with E-state index in [2.05, 4.69) is 67.7 Å². The number of H-pyrrole nitrogens is 1. The second-order valence-corrected chi connectivity index (χ2v) is 8.81. The maximum absolute atomic E-state index is 12.3. The first-order valence-electron chi connectivity index (χ1n) is 12.0. The van der Waals surface area contributed by atoms with Crippen LogP contribution < -0.4 is 10.6 Å². The number of ether oxygens (including phenoxy) is 1. The Bertz CT molecular complexity index is 1270. The van der Waals surface area contributed by atoms with Crippen molar-refractivity contribution in [3.05, 3.63) is 78.1 Å². The second kappa shape index (κ2) is 10.7. The molecule has 8 nitrogen and oxygen atoms in total. The number of aromatic amines is 1. The second-order valence-electron chi connectivity index (χ2n) is 8.81. The quantitative estimate of drug-likeness (QED) is 0.363. The average Bonchev–Trinajstić information content (AvgIpc) is 3.34. The van der Waals surface area contributed by atoms with Crippen LogP contribution in [0.3, 0.4) is 0 Å². The van der Waals surface area contributed by atoms with E-state index in [-0.39, 0.29) is 11.9 Å². The van der Waals surface area contributed by atoms with E-state index in [0.29, 0.717) is 26.3 Å². The molecule has 35 heavy (non-hydrogen) atoms. The summed E-state index contributed by atoms with van der Waals surface area (Å²) in [4.78, 5) is 26.7. The van der Waals surface area contributed by atoms with E-state index in [0.717, 1.165) is 46.8 Å².